The van der Waals surface area contributed by atoms with Crippen LogP contribution < -0.4 is 5.32 Å². The Kier molecular flexibility index (Phi) is 5.03. The van der Waals surface area contributed by atoms with Crippen molar-refractivity contribution in [1.82, 2.24) is 20.1 Å². The summed E-state index contributed by atoms with van der Waals surface area (Å²) in [6.45, 7) is 1.39. The molecule has 2 aromatic heterocycles. The fourth-order valence-electron chi connectivity index (χ4n) is 2.94. The van der Waals surface area contributed by atoms with Crippen LogP contribution in [-0.4, -0.2) is 14.8 Å². The van der Waals surface area contributed by atoms with E-state index in [4.69, 9.17) is 5.10 Å². The summed E-state index contributed by atoms with van der Waals surface area (Å²) < 4.78 is 15.2. The van der Waals surface area contributed by atoms with Gasteiger partial charge in [-0.15, -0.1) is 0 Å². The summed E-state index contributed by atoms with van der Waals surface area (Å²) in [5, 5.41) is 8.20. The molecule has 0 spiro atoms. The van der Waals surface area contributed by atoms with Crippen molar-refractivity contribution in [3.63, 3.8) is 0 Å². The fourth-order valence-corrected chi connectivity index (χ4v) is 2.94. The highest BCUT2D eigenvalue weighted by Crippen LogP contribution is 2.24. The van der Waals surface area contributed by atoms with E-state index in [1.807, 2.05) is 53.3 Å². The highest BCUT2D eigenvalue weighted by atomic mass is 19.1. The Hall–Kier alpha value is -3.31. The molecule has 0 aliphatic heterocycles. The van der Waals surface area contributed by atoms with E-state index < -0.39 is 0 Å². The van der Waals surface area contributed by atoms with Crippen molar-refractivity contribution in [2.45, 2.75) is 13.1 Å². The third-order valence-electron chi connectivity index (χ3n) is 4.32. The molecule has 0 bridgehead atoms. The lowest BCUT2D eigenvalue weighted by molar-refractivity contribution is 0.628. The molecule has 2 heterocycles. The molecule has 0 atom stereocenters. The second-order valence-corrected chi connectivity index (χ2v) is 6.25. The first-order valence-corrected chi connectivity index (χ1v) is 8.79. The van der Waals surface area contributed by atoms with Gasteiger partial charge in [-0.25, -0.2) is 9.07 Å². The maximum Gasteiger partial charge on any atom is 0.123 e. The molecule has 134 valence electrons. The summed E-state index contributed by atoms with van der Waals surface area (Å²) in [5.74, 6) is -0.251. The average Bonchev–Trinajstić information content (AvgIpc) is 3.14. The van der Waals surface area contributed by atoms with Gasteiger partial charge >= 0.3 is 0 Å². The van der Waals surface area contributed by atoms with Crippen LogP contribution in [0, 0.1) is 5.82 Å². The first kappa shape index (κ1) is 17.1. The number of rotatable bonds is 6. The van der Waals surface area contributed by atoms with E-state index >= 15 is 0 Å². The Bertz CT molecular complexity index is 996. The molecule has 0 aliphatic rings. The minimum Gasteiger partial charge on any atom is -0.308 e. The van der Waals surface area contributed by atoms with Crippen molar-refractivity contribution < 1.29 is 4.39 Å². The predicted molar refractivity (Wildman–Crippen MR) is 104 cm³/mol. The van der Waals surface area contributed by atoms with E-state index in [1.54, 1.807) is 24.5 Å². The Morgan fingerprint density at radius 2 is 1.59 bits per heavy atom. The minimum atomic E-state index is -0.251. The van der Waals surface area contributed by atoms with Crippen LogP contribution in [0.2, 0.25) is 0 Å². The summed E-state index contributed by atoms with van der Waals surface area (Å²) in [6, 6.07) is 20.4. The van der Waals surface area contributed by atoms with Crippen molar-refractivity contribution in [1.29, 1.82) is 0 Å². The van der Waals surface area contributed by atoms with Gasteiger partial charge in [-0.2, -0.15) is 5.10 Å². The van der Waals surface area contributed by atoms with E-state index in [2.05, 4.69) is 10.3 Å². The maximum atomic E-state index is 13.3. The summed E-state index contributed by atoms with van der Waals surface area (Å²) >= 11 is 0. The molecule has 0 saturated carbocycles. The van der Waals surface area contributed by atoms with E-state index in [-0.39, 0.29) is 5.82 Å². The Morgan fingerprint density at radius 1 is 0.852 bits per heavy atom. The average molecular weight is 358 g/mol. The van der Waals surface area contributed by atoms with Gasteiger partial charge < -0.3 is 5.32 Å². The zero-order valence-electron chi connectivity index (χ0n) is 14.7. The molecule has 4 aromatic rings. The summed E-state index contributed by atoms with van der Waals surface area (Å²) in [6.07, 6.45) is 5.59. The number of nitrogens with one attached hydrogen (secondary N) is 1. The van der Waals surface area contributed by atoms with Crippen LogP contribution in [0.25, 0.3) is 16.9 Å². The van der Waals surface area contributed by atoms with Gasteiger partial charge in [0.05, 0.1) is 11.4 Å². The third-order valence-corrected chi connectivity index (χ3v) is 4.32. The second kappa shape index (κ2) is 7.93. The van der Waals surface area contributed by atoms with Crippen LogP contribution in [0.1, 0.15) is 11.1 Å². The first-order chi connectivity index (χ1) is 13.3. The van der Waals surface area contributed by atoms with Crippen LogP contribution >= 0.6 is 0 Å². The van der Waals surface area contributed by atoms with Gasteiger partial charge in [-0.05, 0) is 54.1 Å². The van der Waals surface area contributed by atoms with E-state index in [0.29, 0.717) is 6.54 Å². The van der Waals surface area contributed by atoms with Crippen molar-refractivity contribution in [2.75, 3.05) is 0 Å². The number of benzene rings is 2. The van der Waals surface area contributed by atoms with Crippen molar-refractivity contribution >= 4 is 0 Å². The summed E-state index contributed by atoms with van der Waals surface area (Å²) in [4.78, 5) is 4.04. The number of pyridine rings is 1. The lowest BCUT2D eigenvalue weighted by atomic mass is 10.1. The van der Waals surface area contributed by atoms with Crippen molar-refractivity contribution in [3.05, 3.63) is 102 Å². The smallest absolute Gasteiger partial charge is 0.123 e. The minimum absolute atomic E-state index is 0.251. The molecule has 5 heteroatoms. The van der Waals surface area contributed by atoms with Crippen LogP contribution in [0.3, 0.4) is 0 Å². The van der Waals surface area contributed by atoms with Gasteiger partial charge in [0.15, 0.2) is 0 Å². The molecule has 0 fully saturated rings. The molecule has 0 saturated heterocycles. The molecule has 1 N–H and O–H groups in total. The van der Waals surface area contributed by atoms with Crippen molar-refractivity contribution in [3.8, 4) is 16.9 Å². The second-order valence-electron chi connectivity index (χ2n) is 6.25. The van der Waals surface area contributed by atoms with E-state index in [0.717, 1.165) is 29.1 Å². The topological polar surface area (TPSA) is 42.7 Å². The van der Waals surface area contributed by atoms with Crippen LogP contribution in [0.4, 0.5) is 4.39 Å². The van der Waals surface area contributed by atoms with Crippen LogP contribution in [-0.2, 0) is 13.1 Å². The van der Waals surface area contributed by atoms with Gasteiger partial charge in [0, 0.05) is 42.8 Å². The molecule has 4 rings (SSSR count). The molecular formula is C22H19FN4. The molecule has 0 amide bonds. The van der Waals surface area contributed by atoms with Crippen LogP contribution in [0.15, 0.2) is 85.3 Å². The fraction of sp³-hybridized carbons (Fsp3) is 0.0909. The predicted octanol–water partition coefficient (Wildman–Crippen LogP) is 4.36. The SMILES string of the molecule is Fc1ccc(-c2nn(-c3ccccc3)cc2CNCc2ccncc2)cc1. The lowest BCUT2D eigenvalue weighted by Crippen LogP contribution is -2.12. The van der Waals surface area contributed by atoms with Gasteiger partial charge in [-0.1, -0.05) is 18.2 Å². The highest BCUT2D eigenvalue weighted by Gasteiger charge is 2.12. The Labute approximate surface area is 157 Å². The zero-order chi connectivity index (χ0) is 18.5. The number of para-hydroxylation sites is 1. The van der Waals surface area contributed by atoms with Crippen molar-refractivity contribution in [2.24, 2.45) is 0 Å². The van der Waals surface area contributed by atoms with Crippen LogP contribution in [0.5, 0.6) is 0 Å². The lowest BCUT2D eigenvalue weighted by Gasteiger charge is -2.05. The molecular weight excluding hydrogens is 339 g/mol. The van der Waals surface area contributed by atoms with Gasteiger partial charge in [-0.3, -0.25) is 4.98 Å². The Morgan fingerprint density at radius 3 is 2.33 bits per heavy atom. The molecule has 27 heavy (non-hydrogen) atoms. The molecule has 0 radical (unpaired) electrons. The Balaban J connectivity index is 1.61. The number of aromatic nitrogens is 3. The summed E-state index contributed by atoms with van der Waals surface area (Å²) in [7, 11) is 0. The molecule has 4 nitrogen and oxygen atoms in total. The quantitative estimate of drug-likeness (QED) is 0.557. The zero-order valence-corrected chi connectivity index (χ0v) is 14.7. The molecule has 2 aromatic carbocycles. The number of hydrogen-bond acceptors (Lipinski definition) is 3. The largest absolute Gasteiger partial charge is 0.308 e. The molecule has 0 unspecified atom stereocenters. The van der Waals surface area contributed by atoms with E-state index in [1.165, 1.54) is 17.7 Å². The number of halogens is 1. The number of nitrogens with zero attached hydrogens (tertiary/aromatic N) is 3. The third kappa shape index (κ3) is 4.10. The van der Waals surface area contributed by atoms with E-state index in [9.17, 15) is 4.39 Å². The van der Waals surface area contributed by atoms with Gasteiger partial charge in [0.25, 0.3) is 0 Å². The highest BCUT2D eigenvalue weighted by molar-refractivity contribution is 5.63. The monoisotopic (exact) mass is 358 g/mol. The number of hydrogen-bond donors (Lipinski definition) is 1. The molecule has 0 aliphatic carbocycles. The normalized spacial score (nSPS) is 10.9. The maximum absolute atomic E-state index is 13.3. The summed E-state index contributed by atoms with van der Waals surface area (Å²) in [5.41, 5.74) is 4.96. The van der Waals surface area contributed by atoms with Gasteiger partial charge in [0.2, 0.25) is 0 Å². The first-order valence-electron chi connectivity index (χ1n) is 8.79. The standard InChI is InChI=1S/C22H19FN4/c23-20-8-6-18(7-9-20)22-19(15-25-14-17-10-12-24-13-11-17)16-27(26-22)21-4-2-1-3-5-21/h1-13,16,25H,14-15H2. The van der Waals surface area contributed by atoms with Gasteiger partial charge in [0.1, 0.15) is 5.82 Å².